The Hall–Kier alpha value is -3.02. The molecule has 5 nitrogen and oxygen atoms in total. The lowest BCUT2D eigenvalue weighted by Gasteiger charge is -2.04. The van der Waals surface area contributed by atoms with Gasteiger partial charge in [-0.15, -0.1) is 11.3 Å². The molecule has 4 rings (SSSR count). The number of halogens is 3. The highest BCUT2D eigenvalue weighted by atomic mass is 32.2. The summed E-state index contributed by atoms with van der Waals surface area (Å²) in [6.07, 6.45) is 1.06. The molecule has 1 heterocycles. The van der Waals surface area contributed by atoms with Crippen LogP contribution in [-0.4, -0.2) is 28.1 Å². The number of sulfone groups is 2. The van der Waals surface area contributed by atoms with Crippen molar-refractivity contribution < 1.29 is 30.0 Å². The third-order valence-corrected chi connectivity index (χ3v) is 9.19. The summed E-state index contributed by atoms with van der Waals surface area (Å²) in [5, 5.41) is 0. The predicted octanol–water partition coefficient (Wildman–Crippen LogP) is 5.27. The Morgan fingerprint density at radius 3 is 1.88 bits per heavy atom. The number of hydrogen-bond donors (Lipinski definition) is 0. The monoisotopic (exact) mass is 523 g/mol. The second kappa shape index (κ2) is 8.97. The van der Waals surface area contributed by atoms with Crippen molar-refractivity contribution in [2.24, 2.45) is 0 Å². The smallest absolute Gasteiger partial charge is 0.210 e. The van der Waals surface area contributed by atoms with Gasteiger partial charge in [0.1, 0.15) is 17.5 Å². The average molecular weight is 524 g/mol. The Morgan fingerprint density at radius 1 is 0.765 bits per heavy atom. The van der Waals surface area contributed by atoms with Gasteiger partial charge in [0.15, 0.2) is 9.84 Å². The van der Waals surface area contributed by atoms with E-state index < -0.39 is 42.9 Å². The molecular weight excluding hydrogens is 507 g/mol. The van der Waals surface area contributed by atoms with E-state index in [0.29, 0.717) is 22.1 Å². The van der Waals surface area contributed by atoms with Crippen molar-refractivity contribution in [2.45, 2.75) is 15.0 Å². The molecule has 0 aliphatic heterocycles. The van der Waals surface area contributed by atoms with Crippen LogP contribution >= 0.6 is 11.3 Å². The first-order valence-corrected chi connectivity index (χ1v) is 14.0. The molecule has 176 valence electrons. The van der Waals surface area contributed by atoms with Crippen LogP contribution in [0.1, 0.15) is 5.56 Å². The van der Waals surface area contributed by atoms with Gasteiger partial charge < -0.3 is 0 Å². The Kier molecular flexibility index (Phi) is 6.36. The van der Waals surface area contributed by atoms with Crippen molar-refractivity contribution in [3.05, 3.63) is 89.7 Å². The molecule has 0 radical (unpaired) electrons. The lowest BCUT2D eigenvalue weighted by Crippen LogP contribution is -2.05. The van der Waals surface area contributed by atoms with Crippen LogP contribution in [0.4, 0.5) is 13.2 Å². The first kappa shape index (κ1) is 24.1. The van der Waals surface area contributed by atoms with Crippen LogP contribution in [0.5, 0.6) is 0 Å². The lowest BCUT2D eigenvalue weighted by atomic mass is 10.1. The second-order valence-electron chi connectivity index (χ2n) is 7.50. The van der Waals surface area contributed by atoms with E-state index in [1.165, 1.54) is 48.5 Å². The average Bonchev–Trinajstić information content (AvgIpc) is 3.19. The molecule has 11 heteroatoms. The highest BCUT2D eigenvalue weighted by Gasteiger charge is 2.25. The third kappa shape index (κ3) is 5.21. The van der Waals surface area contributed by atoms with Crippen molar-refractivity contribution in [3.8, 4) is 21.7 Å². The van der Waals surface area contributed by atoms with Crippen LogP contribution in [-0.2, 0) is 25.4 Å². The van der Waals surface area contributed by atoms with Crippen molar-refractivity contribution in [2.75, 3.05) is 6.26 Å². The molecule has 0 amide bonds. The standard InChI is InChI=1S/C23H16F3NO4S3/c1-33(28,29)20-8-4-15(5-9-20)21-22(16-2-6-17(24)7-3-16)32-23(27-21)34(30,31)13-14-10-18(25)12-19(26)11-14/h2-12H,13H2,1H3. The Bertz CT molecular complexity index is 1560. The van der Waals surface area contributed by atoms with Crippen molar-refractivity contribution >= 4 is 31.0 Å². The van der Waals surface area contributed by atoms with E-state index in [4.69, 9.17) is 0 Å². The first-order valence-electron chi connectivity index (χ1n) is 9.67. The number of benzene rings is 3. The normalized spacial score (nSPS) is 12.1. The van der Waals surface area contributed by atoms with Crippen LogP contribution in [0.25, 0.3) is 21.7 Å². The number of nitrogens with zero attached hydrogens (tertiary/aromatic N) is 1. The van der Waals surface area contributed by atoms with Gasteiger partial charge in [-0.05, 0) is 47.5 Å². The zero-order valence-electron chi connectivity index (χ0n) is 17.5. The van der Waals surface area contributed by atoms with E-state index in [2.05, 4.69) is 4.98 Å². The molecule has 0 bridgehead atoms. The van der Waals surface area contributed by atoms with Crippen molar-refractivity contribution in [1.29, 1.82) is 0 Å². The van der Waals surface area contributed by atoms with E-state index in [-0.39, 0.29) is 20.5 Å². The lowest BCUT2D eigenvalue weighted by molar-refractivity contribution is 0.578. The van der Waals surface area contributed by atoms with Gasteiger partial charge in [0.05, 0.1) is 21.2 Å². The maximum Gasteiger partial charge on any atom is 0.210 e. The third-order valence-electron chi connectivity index (χ3n) is 4.81. The largest absolute Gasteiger partial charge is 0.224 e. The van der Waals surface area contributed by atoms with Gasteiger partial charge in [0, 0.05) is 17.9 Å². The first-order chi connectivity index (χ1) is 15.9. The zero-order chi connectivity index (χ0) is 24.7. The summed E-state index contributed by atoms with van der Waals surface area (Å²) in [7, 11) is -7.55. The summed E-state index contributed by atoms with van der Waals surface area (Å²) in [4.78, 5) is 4.78. The van der Waals surface area contributed by atoms with Gasteiger partial charge in [-0.1, -0.05) is 24.3 Å². The molecule has 0 spiro atoms. The molecule has 0 aliphatic carbocycles. The summed E-state index contributed by atoms with van der Waals surface area (Å²) in [5.74, 6) is -2.95. The maximum absolute atomic E-state index is 13.5. The van der Waals surface area contributed by atoms with Crippen LogP contribution in [0.15, 0.2) is 76.0 Å². The van der Waals surface area contributed by atoms with Gasteiger partial charge in [-0.25, -0.2) is 35.0 Å². The predicted molar refractivity (Wildman–Crippen MR) is 123 cm³/mol. The molecule has 0 fully saturated rings. The molecule has 0 N–H and O–H groups in total. The SMILES string of the molecule is CS(=O)(=O)c1ccc(-c2nc(S(=O)(=O)Cc3cc(F)cc(F)c3)sc2-c2ccc(F)cc2)cc1. The summed E-state index contributed by atoms with van der Waals surface area (Å²) in [6, 6.07) is 13.6. The fraction of sp³-hybridized carbons (Fsp3) is 0.0870. The van der Waals surface area contributed by atoms with Crippen molar-refractivity contribution in [1.82, 2.24) is 4.98 Å². The minimum Gasteiger partial charge on any atom is -0.224 e. The van der Waals surface area contributed by atoms with E-state index in [1.807, 2.05) is 0 Å². The van der Waals surface area contributed by atoms with Gasteiger partial charge >= 0.3 is 0 Å². The molecule has 34 heavy (non-hydrogen) atoms. The van der Waals surface area contributed by atoms with Crippen LogP contribution in [0.2, 0.25) is 0 Å². The van der Waals surface area contributed by atoms with E-state index in [0.717, 1.165) is 29.7 Å². The molecule has 0 unspecified atom stereocenters. The van der Waals surface area contributed by atoms with Crippen molar-refractivity contribution in [3.63, 3.8) is 0 Å². The molecule has 0 atom stereocenters. The number of hydrogen-bond acceptors (Lipinski definition) is 6. The van der Waals surface area contributed by atoms with Gasteiger partial charge in [-0.2, -0.15) is 0 Å². The molecular formula is C23H16F3NO4S3. The van der Waals surface area contributed by atoms with E-state index in [1.54, 1.807) is 0 Å². The fourth-order valence-electron chi connectivity index (χ4n) is 3.26. The molecule has 4 aromatic rings. The van der Waals surface area contributed by atoms with Gasteiger partial charge in [0.25, 0.3) is 0 Å². The Morgan fingerprint density at radius 2 is 1.32 bits per heavy atom. The zero-order valence-corrected chi connectivity index (χ0v) is 19.9. The summed E-state index contributed by atoms with van der Waals surface area (Å²) < 4.78 is 89.9. The molecule has 0 aliphatic rings. The maximum atomic E-state index is 13.5. The highest BCUT2D eigenvalue weighted by Crippen LogP contribution is 2.39. The molecule has 0 saturated carbocycles. The second-order valence-corrected chi connectivity index (χ2v) is 12.7. The molecule has 3 aromatic carbocycles. The molecule has 0 saturated heterocycles. The van der Waals surface area contributed by atoms with Gasteiger partial charge in [0.2, 0.25) is 14.2 Å². The summed E-state index contributed by atoms with van der Waals surface area (Å²) in [6.45, 7) is 0. The number of thiazole rings is 1. The Balaban J connectivity index is 1.82. The minimum absolute atomic E-state index is 0.0740. The molecule has 1 aromatic heterocycles. The fourth-order valence-corrected chi connectivity index (χ4v) is 6.61. The van der Waals surface area contributed by atoms with Crippen LogP contribution in [0.3, 0.4) is 0 Å². The number of rotatable bonds is 6. The van der Waals surface area contributed by atoms with Gasteiger partial charge in [-0.3, -0.25) is 0 Å². The van der Waals surface area contributed by atoms with E-state index >= 15 is 0 Å². The Labute approximate surface area is 198 Å². The van der Waals surface area contributed by atoms with Crippen LogP contribution in [0, 0.1) is 17.5 Å². The quantitative estimate of drug-likeness (QED) is 0.344. The minimum atomic E-state index is -4.10. The number of aromatic nitrogens is 1. The van der Waals surface area contributed by atoms with Crippen LogP contribution < -0.4 is 0 Å². The highest BCUT2D eigenvalue weighted by molar-refractivity contribution is 7.92. The topological polar surface area (TPSA) is 81.2 Å². The summed E-state index contributed by atoms with van der Waals surface area (Å²) in [5.41, 5.74) is 1.12. The van der Waals surface area contributed by atoms with E-state index in [9.17, 15) is 30.0 Å². The summed E-state index contributed by atoms with van der Waals surface area (Å²) >= 11 is 0.830.